The third-order valence-electron chi connectivity index (χ3n) is 3.94. The van der Waals surface area contributed by atoms with Crippen molar-refractivity contribution in [3.63, 3.8) is 0 Å². The zero-order chi connectivity index (χ0) is 17.3. The topological polar surface area (TPSA) is 79.6 Å². The number of aryl methyl sites for hydroxylation is 1. The fourth-order valence-electron chi connectivity index (χ4n) is 2.68. The zero-order valence-corrected chi connectivity index (χ0v) is 14.3. The van der Waals surface area contributed by atoms with Crippen molar-refractivity contribution in [1.82, 2.24) is 4.72 Å². The van der Waals surface area contributed by atoms with E-state index in [-0.39, 0.29) is 10.8 Å². The molecule has 0 atom stereocenters. The van der Waals surface area contributed by atoms with Gasteiger partial charge in [-0.25, -0.2) is 13.1 Å². The number of anilines is 1. The molecule has 2 heterocycles. The van der Waals surface area contributed by atoms with E-state index in [4.69, 9.17) is 4.42 Å². The Labute approximate surface area is 140 Å². The van der Waals surface area contributed by atoms with E-state index in [9.17, 15) is 13.2 Å². The molecule has 1 amide bonds. The molecule has 1 aromatic heterocycles. The molecule has 0 saturated carbocycles. The maximum atomic E-state index is 12.4. The van der Waals surface area contributed by atoms with E-state index >= 15 is 0 Å². The highest BCUT2D eigenvalue weighted by Crippen LogP contribution is 2.30. The monoisotopic (exact) mass is 346 g/mol. The van der Waals surface area contributed by atoms with Gasteiger partial charge in [-0.1, -0.05) is 0 Å². The van der Waals surface area contributed by atoms with Gasteiger partial charge in [-0.3, -0.25) is 4.79 Å². The lowest BCUT2D eigenvalue weighted by atomic mass is 10.2. The Hall–Kier alpha value is -2.38. The maximum absolute atomic E-state index is 12.4. The molecule has 0 bridgehead atoms. The number of amides is 1. The highest BCUT2D eigenvalue weighted by molar-refractivity contribution is 7.89. The van der Waals surface area contributed by atoms with Crippen molar-refractivity contribution in [3.8, 4) is 0 Å². The lowest BCUT2D eigenvalue weighted by Gasteiger charge is -2.15. The fourth-order valence-corrected chi connectivity index (χ4v) is 3.46. The van der Waals surface area contributed by atoms with Crippen molar-refractivity contribution in [2.45, 2.75) is 18.2 Å². The van der Waals surface area contributed by atoms with Gasteiger partial charge in [-0.2, -0.15) is 0 Å². The first-order valence-corrected chi connectivity index (χ1v) is 9.01. The van der Waals surface area contributed by atoms with E-state index < -0.39 is 10.0 Å². The standard InChI is InChI=1S/C17H18N2O4S/c1-12-3-4-14(23-12)5-8-17(20)19-10-9-13-11-15(6-7-16(13)19)24(21,22)18-2/h3-8,11,18H,9-10H2,1-2H3/b8-5-. The predicted octanol–water partition coefficient (Wildman–Crippen LogP) is 2.10. The molecule has 1 aliphatic heterocycles. The largest absolute Gasteiger partial charge is 0.462 e. The molecule has 126 valence electrons. The van der Waals surface area contributed by atoms with Gasteiger partial charge in [0.15, 0.2) is 0 Å². The summed E-state index contributed by atoms with van der Waals surface area (Å²) in [7, 11) is -2.11. The van der Waals surface area contributed by atoms with Crippen LogP contribution in [0.5, 0.6) is 0 Å². The van der Waals surface area contributed by atoms with Gasteiger partial charge in [-0.15, -0.1) is 0 Å². The number of hydrogen-bond acceptors (Lipinski definition) is 4. The summed E-state index contributed by atoms with van der Waals surface area (Å²) in [6.45, 7) is 2.37. The van der Waals surface area contributed by atoms with Gasteiger partial charge in [0.25, 0.3) is 5.91 Å². The average Bonchev–Trinajstić information content (AvgIpc) is 3.18. The molecule has 0 aliphatic carbocycles. The molecule has 1 N–H and O–H groups in total. The molecule has 0 saturated heterocycles. The number of nitrogens with one attached hydrogen (secondary N) is 1. The van der Waals surface area contributed by atoms with Crippen molar-refractivity contribution in [3.05, 3.63) is 53.5 Å². The lowest BCUT2D eigenvalue weighted by molar-refractivity contribution is -0.114. The SMILES string of the molecule is CNS(=O)(=O)c1ccc2c(c1)CCN2C(=O)/C=C\c1ccc(C)o1. The molecule has 2 aromatic rings. The molecule has 0 fully saturated rings. The van der Waals surface area contributed by atoms with Crippen LogP contribution in [0.15, 0.2) is 45.7 Å². The Morgan fingerprint density at radius 2 is 2.08 bits per heavy atom. The summed E-state index contributed by atoms with van der Waals surface area (Å²) in [5.41, 5.74) is 1.59. The average molecular weight is 346 g/mol. The second-order valence-electron chi connectivity index (χ2n) is 5.52. The maximum Gasteiger partial charge on any atom is 0.251 e. The first-order chi connectivity index (χ1) is 11.4. The first kappa shape index (κ1) is 16.5. The normalized spacial score (nSPS) is 14.3. The molecule has 0 unspecified atom stereocenters. The molecule has 0 spiro atoms. The number of hydrogen-bond donors (Lipinski definition) is 1. The van der Waals surface area contributed by atoms with Crippen LogP contribution in [0, 0.1) is 6.92 Å². The lowest BCUT2D eigenvalue weighted by Crippen LogP contribution is -2.26. The van der Waals surface area contributed by atoms with Crippen molar-refractivity contribution in [2.24, 2.45) is 0 Å². The van der Waals surface area contributed by atoms with Crippen LogP contribution in [-0.2, 0) is 21.2 Å². The molecule has 6 nitrogen and oxygen atoms in total. The Bertz CT molecular complexity index is 912. The number of carbonyl (C=O) groups is 1. The van der Waals surface area contributed by atoms with Crippen molar-refractivity contribution >= 4 is 27.7 Å². The van der Waals surface area contributed by atoms with Crippen molar-refractivity contribution < 1.29 is 17.6 Å². The molecule has 1 aliphatic rings. The molecule has 0 radical (unpaired) electrons. The quantitative estimate of drug-likeness (QED) is 0.860. The van der Waals surface area contributed by atoms with Gasteiger partial charge in [0, 0.05) is 18.3 Å². The summed E-state index contributed by atoms with van der Waals surface area (Å²) in [4.78, 5) is 14.2. The third kappa shape index (κ3) is 3.13. The Balaban J connectivity index is 1.82. The predicted molar refractivity (Wildman–Crippen MR) is 91.2 cm³/mol. The van der Waals surface area contributed by atoms with Crippen LogP contribution in [0.2, 0.25) is 0 Å². The van der Waals surface area contributed by atoms with Crippen LogP contribution in [0.4, 0.5) is 5.69 Å². The molecular formula is C17H18N2O4S. The molecule has 1 aromatic carbocycles. The van der Waals surface area contributed by atoms with Crippen LogP contribution < -0.4 is 9.62 Å². The fraction of sp³-hybridized carbons (Fsp3) is 0.235. The Morgan fingerprint density at radius 3 is 2.75 bits per heavy atom. The van der Waals surface area contributed by atoms with Crippen LogP contribution in [-0.4, -0.2) is 27.9 Å². The zero-order valence-electron chi connectivity index (χ0n) is 13.4. The van der Waals surface area contributed by atoms with Gasteiger partial charge in [0.05, 0.1) is 4.90 Å². The van der Waals surface area contributed by atoms with E-state index in [0.717, 1.165) is 17.0 Å². The number of furan rings is 1. The molecule has 3 rings (SSSR count). The summed E-state index contributed by atoms with van der Waals surface area (Å²) >= 11 is 0. The highest BCUT2D eigenvalue weighted by atomic mass is 32.2. The van der Waals surface area contributed by atoms with Gasteiger partial charge in [0.2, 0.25) is 10.0 Å². The van der Waals surface area contributed by atoms with Crippen molar-refractivity contribution in [1.29, 1.82) is 0 Å². The van der Waals surface area contributed by atoms with Gasteiger partial charge < -0.3 is 9.32 Å². The minimum atomic E-state index is -3.48. The van der Waals surface area contributed by atoms with E-state index in [1.807, 2.05) is 13.0 Å². The molecule has 7 heteroatoms. The van der Waals surface area contributed by atoms with E-state index in [1.165, 1.54) is 19.2 Å². The Kier molecular flexibility index (Phi) is 4.29. The number of carbonyl (C=O) groups excluding carboxylic acids is 1. The first-order valence-electron chi connectivity index (χ1n) is 7.53. The second-order valence-corrected chi connectivity index (χ2v) is 7.41. The van der Waals surface area contributed by atoms with Crippen LogP contribution in [0.3, 0.4) is 0 Å². The summed E-state index contributed by atoms with van der Waals surface area (Å²) in [5, 5.41) is 0. The number of sulfonamides is 1. The van der Waals surface area contributed by atoms with Gasteiger partial charge >= 0.3 is 0 Å². The summed E-state index contributed by atoms with van der Waals surface area (Å²) in [5.74, 6) is 1.25. The number of rotatable bonds is 4. The van der Waals surface area contributed by atoms with Crippen molar-refractivity contribution in [2.75, 3.05) is 18.5 Å². The summed E-state index contributed by atoms with van der Waals surface area (Å²) in [6.07, 6.45) is 3.72. The minimum Gasteiger partial charge on any atom is -0.462 e. The molecular weight excluding hydrogens is 328 g/mol. The van der Waals surface area contributed by atoms with Crippen LogP contribution >= 0.6 is 0 Å². The number of benzene rings is 1. The second kappa shape index (κ2) is 6.26. The van der Waals surface area contributed by atoms with Gasteiger partial charge in [-0.05, 0) is 62.4 Å². The van der Waals surface area contributed by atoms with E-state index in [0.29, 0.717) is 18.7 Å². The number of nitrogens with zero attached hydrogens (tertiary/aromatic N) is 1. The number of fused-ring (bicyclic) bond motifs is 1. The highest BCUT2D eigenvalue weighted by Gasteiger charge is 2.25. The van der Waals surface area contributed by atoms with Gasteiger partial charge in [0.1, 0.15) is 11.5 Å². The summed E-state index contributed by atoms with van der Waals surface area (Å²) < 4.78 is 31.4. The third-order valence-corrected chi connectivity index (χ3v) is 5.35. The van der Waals surface area contributed by atoms with Crippen LogP contribution in [0.25, 0.3) is 6.08 Å². The van der Waals surface area contributed by atoms with E-state index in [2.05, 4.69) is 4.72 Å². The molecule has 24 heavy (non-hydrogen) atoms. The smallest absolute Gasteiger partial charge is 0.251 e. The van der Waals surface area contributed by atoms with E-state index in [1.54, 1.807) is 29.2 Å². The Morgan fingerprint density at radius 1 is 1.29 bits per heavy atom. The summed E-state index contributed by atoms with van der Waals surface area (Å²) in [6, 6.07) is 8.43. The van der Waals surface area contributed by atoms with Crippen LogP contribution in [0.1, 0.15) is 17.1 Å². The minimum absolute atomic E-state index is 0.160.